The predicted molar refractivity (Wildman–Crippen MR) is 152 cm³/mol. The van der Waals surface area contributed by atoms with E-state index in [1.807, 2.05) is 32.1 Å². The molecule has 5 nitrogen and oxygen atoms in total. The van der Waals surface area contributed by atoms with Gasteiger partial charge >= 0.3 is 0 Å². The summed E-state index contributed by atoms with van der Waals surface area (Å²) in [5.74, 6) is 5.90. The fourth-order valence-electron chi connectivity index (χ4n) is 6.88. The van der Waals surface area contributed by atoms with Gasteiger partial charge in [0.15, 0.2) is 0 Å². The Balaban J connectivity index is 1.96. The molecule has 0 amide bonds. The number of aldehydes is 1. The molecule has 0 radical (unpaired) electrons. The summed E-state index contributed by atoms with van der Waals surface area (Å²) in [7, 11) is 0. The number of aliphatic hydroxyl groups excluding tert-OH is 2. The van der Waals surface area contributed by atoms with Crippen LogP contribution in [0.5, 0.6) is 0 Å². The van der Waals surface area contributed by atoms with Gasteiger partial charge in [-0.15, -0.1) is 0 Å². The molecule has 3 N–H and O–H groups in total. The zero-order valence-corrected chi connectivity index (χ0v) is 23.5. The van der Waals surface area contributed by atoms with Crippen molar-refractivity contribution in [2.24, 2.45) is 17.3 Å². The molecule has 2 aliphatic carbocycles. The number of ether oxygens (including phenoxy) is 1. The molecular weight excluding hydrogens is 476 g/mol. The van der Waals surface area contributed by atoms with E-state index in [2.05, 4.69) is 31.4 Å². The summed E-state index contributed by atoms with van der Waals surface area (Å²) in [5.41, 5.74) is 3.05. The van der Waals surface area contributed by atoms with Crippen LogP contribution >= 0.6 is 0 Å². The van der Waals surface area contributed by atoms with Gasteiger partial charge in [0, 0.05) is 24.4 Å². The number of hydrogen-bond acceptors (Lipinski definition) is 5. The molecule has 3 aliphatic rings. The highest BCUT2D eigenvalue weighted by atomic mass is 16.5. The lowest BCUT2D eigenvalue weighted by molar-refractivity contribution is -0.167. The van der Waals surface area contributed by atoms with Crippen LogP contribution in [0.25, 0.3) is 0 Å². The van der Waals surface area contributed by atoms with Crippen LogP contribution in [0.3, 0.4) is 0 Å². The smallest absolute Gasteiger partial charge is 0.145 e. The Morgan fingerprint density at radius 2 is 2.08 bits per heavy atom. The van der Waals surface area contributed by atoms with E-state index in [0.29, 0.717) is 57.3 Å². The summed E-state index contributed by atoms with van der Waals surface area (Å²) in [6.07, 6.45) is 14.5. The van der Waals surface area contributed by atoms with E-state index in [1.54, 1.807) is 0 Å². The van der Waals surface area contributed by atoms with Gasteiger partial charge in [-0.25, -0.2) is 0 Å². The third kappa shape index (κ3) is 6.66. The van der Waals surface area contributed by atoms with Crippen molar-refractivity contribution in [1.82, 2.24) is 0 Å². The lowest BCUT2D eigenvalue weighted by atomic mass is 9.52. The lowest BCUT2D eigenvalue weighted by Gasteiger charge is -2.55. The SMILES string of the molecule is C=C1/C=C/C=C(\[C@H]2CC[C@@]3([C@H](CCCO)/C(=C(\C)C=O)CC[C@@]3(C)O)[C@@H]2O)COCC#CC/C(C)=C/CC1. The van der Waals surface area contributed by atoms with E-state index in [9.17, 15) is 20.1 Å². The van der Waals surface area contributed by atoms with Gasteiger partial charge in [0.1, 0.15) is 12.9 Å². The molecule has 0 unspecified atom stereocenters. The first-order chi connectivity index (χ1) is 18.2. The van der Waals surface area contributed by atoms with E-state index in [1.165, 1.54) is 5.57 Å². The van der Waals surface area contributed by atoms with Crippen LogP contribution < -0.4 is 0 Å². The standard InChI is InChI=1S/C33H46O5/c1-24-10-5-6-21-38-23-27(14-8-13-25(2)12-7-11-24)29-17-19-33(31(29)36)30(15-9-20-34)28(26(3)22-35)16-18-32(33,4)37/h8,11,13-14,22,29-31,34,36-37H,2,7,9-10,12,15-21,23H2,1,3-4H3/b13-8+,24-11+,27-14-,28-26+/t29-,30-,31-,32-,33-/m1/s1. The maximum Gasteiger partial charge on any atom is 0.145 e. The van der Waals surface area contributed by atoms with Crippen LogP contribution in [0, 0.1) is 29.1 Å². The molecule has 0 aromatic rings. The summed E-state index contributed by atoms with van der Waals surface area (Å²) in [6, 6.07) is 0. The monoisotopic (exact) mass is 522 g/mol. The molecule has 38 heavy (non-hydrogen) atoms. The van der Waals surface area contributed by atoms with Crippen LogP contribution in [0.4, 0.5) is 0 Å². The molecule has 5 heteroatoms. The van der Waals surface area contributed by atoms with Crippen molar-refractivity contribution in [2.75, 3.05) is 19.8 Å². The molecule has 1 aliphatic heterocycles. The molecule has 0 aromatic carbocycles. The van der Waals surface area contributed by atoms with E-state index < -0.39 is 17.1 Å². The number of hydrogen-bond donors (Lipinski definition) is 3. The van der Waals surface area contributed by atoms with Gasteiger partial charge in [-0.05, 0) is 89.2 Å². The molecule has 0 bridgehead atoms. The molecule has 208 valence electrons. The average Bonchev–Trinajstić information content (AvgIpc) is 3.22. The van der Waals surface area contributed by atoms with E-state index >= 15 is 0 Å². The van der Waals surface area contributed by atoms with Crippen molar-refractivity contribution in [3.63, 3.8) is 0 Å². The zero-order chi connectivity index (χ0) is 27.8. The van der Waals surface area contributed by atoms with Crippen LogP contribution in [0.15, 0.2) is 58.7 Å². The van der Waals surface area contributed by atoms with Gasteiger partial charge in [-0.3, -0.25) is 4.79 Å². The first-order valence-electron chi connectivity index (χ1n) is 14.1. The van der Waals surface area contributed by atoms with Crippen LogP contribution in [-0.2, 0) is 9.53 Å². The first kappa shape index (κ1) is 30.3. The minimum atomic E-state index is -1.10. The molecule has 0 aromatic heterocycles. The maximum atomic E-state index is 12.1. The Morgan fingerprint density at radius 1 is 1.29 bits per heavy atom. The second-order valence-electron chi connectivity index (χ2n) is 11.5. The number of rotatable bonds is 5. The van der Waals surface area contributed by atoms with E-state index in [-0.39, 0.29) is 18.4 Å². The molecule has 1 spiro atoms. The van der Waals surface area contributed by atoms with Crippen LogP contribution in [-0.4, -0.2) is 53.1 Å². The largest absolute Gasteiger partial charge is 0.396 e. The minimum absolute atomic E-state index is 0.0332. The van der Waals surface area contributed by atoms with Crippen molar-refractivity contribution in [2.45, 2.75) is 90.3 Å². The van der Waals surface area contributed by atoms with Gasteiger partial charge in [0.25, 0.3) is 0 Å². The quantitative estimate of drug-likeness (QED) is 0.195. The fraction of sp³-hybridized carbons (Fsp3) is 0.606. The number of carbonyl (C=O) groups excluding carboxylic acids is 1. The van der Waals surface area contributed by atoms with Gasteiger partial charge in [0.05, 0.1) is 18.3 Å². The van der Waals surface area contributed by atoms with Gasteiger partial charge < -0.3 is 20.1 Å². The van der Waals surface area contributed by atoms with Gasteiger partial charge in [-0.1, -0.05) is 59.4 Å². The third-order valence-corrected chi connectivity index (χ3v) is 9.05. The summed E-state index contributed by atoms with van der Waals surface area (Å²) in [4.78, 5) is 11.8. The summed E-state index contributed by atoms with van der Waals surface area (Å²) < 4.78 is 5.96. The Kier molecular flexibility index (Phi) is 10.9. The van der Waals surface area contributed by atoms with Crippen molar-refractivity contribution < 1.29 is 24.9 Å². The molecule has 0 saturated heterocycles. The fourth-order valence-corrected chi connectivity index (χ4v) is 6.88. The van der Waals surface area contributed by atoms with Gasteiger partial charge in [0.2, 0.25) is 0 Å². The number of allylic oxidation sites excluding steroid dienone is 8. The molecule has 2 fully saturated rings. The molecule has 1 heterocycles. The molecule has 2 saturated carbocycles. The predicted octanol–water partition coefficient (Wildman–Crippen LogP) is 5.38. The Labute approximate surface area is 229 Å². The Hall–Kier alpha value is -2.23. The topological polar surface area (TPSA) is 87.0 Å². The summed E-state index contributed by atoms with van der Waals surface area (Å²) in [6.45, 7) is 10.6. The highest BCUT2D eigenvalue weighted by Crippen LogP contribution is 2.62. The van der Waals surface area contributed by atoms with Crippen molar-refractivity contribution in [3.05, 3.63) is 58.7 Å². The number of aliphatic hydroxyl groups is 3. The zero-order valence-electron chi connectivity index (χ0n) is 23.5. The molecule has 5 atom stereocenters. The highest BCUT2D eigenvalue weighted by Gasteiger charge is 2.63. The van der Waals surface area contributed by atoms with Crippen LogP contribution in [0.1, 0.15) is 78.6 Å². The number of carbonyl (C=O) groups is 1. The van der Waals surface area contributed by atoms with Crippen molar-refractivity contribution >= 4 is 6.29 Å². The second-order valence-corrected chi connectivity index (χ2v) is 11.5. The highest BCUT2D eigenvalue weighted by molar-refractivity contribution is 5.74. The lowest BCUT2D eigenvalue weighted by Crippen LogP contribution is -2.59. The van der Waals surface area contributed by atoms with E-state index in [0.717, 1.165) is 42.3 Å². The third-order valence-electron chi connectivity index (χ3n) is 9.05. The Morgan fingerprint density at radius 3 is 2.82 bits per heavy atom. The molecule has 3 rings (SSSR count). The average molecular weight is 523 g/mol. The summed E-state index contributed by atoms with van der Waals surface area (Å²) in [5, 5.41) is 33.5. The van der Waals surface area contributed by atoms with Crippen LogP contribution in [0.2, 0.25) is 0 Å². The van der Waals surface area contributed by atoms with E-state index in [4.69, 9.17) is 4.74 Å². The first-order valence-corrected chi connectivity index (χ1v) is 14.1. The molecular formula is C33H46O5. The van der Waals surface area contributed by atoms with Crippen molar-refractivity contribution in [1.29, 1.82) is 0 Å². The Bertz CT molecular complexity index is 1050. The summed E-state index contributed by atoms with van der Waals surface area (Å²) >= 11 is 0. The van der Waals surface area contributed by atoms with Crippen molar-refractivity contribution in [3.8, 4) is 11.8 Å². The van der Waals surface area contributed by atoms with Gasteiger partial charge in [-0.2, -0.15) is 0 Å². The minimum Gasteiger partial charge on any atom is -0.396 e. The maximum absolute atomic E-state index is 12.1. The second kappa shape index (κ2) is 13.7. The normalized spacial score (nSPS) is 38.1.